The number of rotatable bonds is 3. The van der Waals surface area contributed by atoms with Gasteiger partial charge in [0.1, 0.15) is 0 Å². The van der Waals surface area contributed by atoms with Crippen molar-refractivity contribution in [1.29, 1.82) is 0 Å². The lowest BCUT2D eigenvalue weighted by Crippen LogP contribution is -1.99. The second-order valence-corrected chi connectivity index (χ2v) is 5.44. The molecule has 0 atom stereocenters. The number of aromatic nitrogens is 1. The lowest BCUT2D eigenvalue weighted by atomic mass is 10.1. The van der Waals surface area contributed by atoms with Crippen molar-refractivity contribution in [3.8, 4) is 10.4 Å². The van der Waals surface area contributed by atoms with Gasteiger partial charge in [-0.3, -0.25) is 0 Å². The van der Waals surface area contributed by atoms with Crippen LogP contribution < -0.4 is 0 Å². The van der Waals surface area contributed by atoms with E-state index in [-0.39, 0.29) is 5.69 Å². The summed E-state index contributed by atoms with van der Waals surface area (Å²) >= 11 is 13.5. The van der Waals surface area contributed by atoms with Gasteiger partial charge in [-0.05, 0) is 18.6 Å². The molecule has 0 aliphatic heterocycles. The van der Waals surface area contributed by atoms with E-state index in [2.05, 4.69) is 4.98 Å². The zero-order valence-electron chi connectivity index (χ0n) is 9.41. The van der Waals surface area contributed by atoms with E-state index in [1.807, 2.05) is 6.92 Å². The summed E-state index contributed by atoms with van der Waals surface area (Å²) in [5.41, 5.74) is 0.544. The van der Waals surface area contributed by atoms with Crippen LogP contribution in [0.15, 0.2) is 18.2 Å². The topological polar surface area (TPSA) is 50.2 Å². The molecular formula is C12H9Cl2NO2S. The number of thiazole rings is 1. The van der Waals surface area contributed by atoms with Crippen LogP contribution in [-0.4, -0.2) is 16.1 Å². The average molecular weight is 302 g/mol. The fourth-order valence-electron chi connectivity index (χ4n) is 1.54. The molecule has 0 bridgehead atoms. The zero-order chi connectivity index (χ0) is 13.3. The molecule has 1 aromatic carbocycles. The molecule has 0 saturated heterocycles. The van der Waals surface area contributed by atoms with Crippen LogP contribution in [-0.2, 0) is 6.42 Å². The smallest absolute Gasteiger partial charge is 0.356 e. The molecule has 0 spiro atoms. The van der Waals surface area contributed by atoms with E-state index < -0.39 is 5.97 Å². The van der Waals surface area contributed by atoms with Gasteiger partial charge in [-0.1, -0.05) is 36.2 Å². The molecule has 2 rings (SSSR count). The molecule has 0 fully saturated rings. The van der Waals surface area contributed by atoms with Crippen molar-refractivity contribution < 1.29 is 9.90 Å². The lowest BCUT2D eigenvalue weighted by Gasteiger charge is -2.04. The number of hydrogen-bond donors (Lipinski definition) is 1. The van der Waals surface area contributed by atoms with Gasteiger partial charge in [0.25, 0.3) is 0 Å². The Labute approximate surface area is 118 Å². The lowest BCUT2D eigenvalue weighted by molar-refractivity contribution is 0.0692. The third-order valence-electron chi connectivity index (χ3n) is 2.37. The minimum Gasteiger partial charge on any atom is -0.476 e. The number of aromatic carboxylic acids is 1. The van der Waals surface area contributed by atoms with Crippen molar-refractivity contribution in [2.45, 2.75) is 13.3 Å². The average Bonchev–Trinajstić information content (AvgIpc) is 2.73. The van der Waals surface area contributed by atoms with E-state index in [0.717, 1.165) is 5.01 Å². The molecule has 2 aromatic rings. The molecule has 0 aliphatic rings. The van der Waals surface area contributed by atoms with Gasteiger partial charge < -0.3 is 5.11 Å². The first-order valence-electron chi connectivity index (χ1n) is 5.22. The fraction of sp³-hybridized carbons (Fsp3) is 0.167. The highest BCUT2D eigenvalue weighted by Gasteiger charge is 2.21. The van der Waals surface area contributed by atoms with Crippen LogP contribution in [0.2, 0.25) is 10.0 Å². The van der Waals surface area contributed by atoms with Gasteiger partial charge in [0.15, 0.2) is 5.69 Å². The molecule has 1 N–H and O–H groups in total. The molecule has 0 saturated carbocycles. The van der Waals surface area contributed by atoms with Gasteiger partial charge in [0.05, 0.1) is 19.9 Å². The number of carboxylic acid groups (broad SMARTS) is 1. The summed E-state index contributed by atoms with van der Waals surface area (Å²) in [6, 6.07) is 5.08. The van der Waals surface area contributed by atoms with Crippen molar-refractivity contribution in [2.24, 2.45) is 0 Å². The third-order valence-corrected chi connectivity index (χ3v) is 4.21. The molecule has 0 radical (unpaired) electrons. The van der Waals surface area contributed by atoms with Crippen LogP contribution in [0.1, 0.15) is 22.4 Å². The van der Waals surface area contributed by atoms with E-state index in [1.54, 1.807) is 18.2 Å². The van der Waals surface area contributed by atoms with Crippen molar-refractivity contribution in [1.82, 2.24) is 4.98 Å². The van der Waals surface area contributed by atoms with Gasteiger partial charge in [0, 0.05) is 5.56 Å². The molecule has 6 heteroatoms. The normalized spacial score (nSPS) is 10.6. The molecule has 1 heterocycles. The summed E-state index contributed by atoms with van der Waals surface area (Å²) in [5, 5.41) is 10.8. The molecule has 0 aliphatic carbocycles. The van der Waals surface area contributed by atoms with E-state index in [0.29, 0.717) is 26.9 Å². The number of nitrogens with zero attached hydrogens (tertiary/aromatic N) is 1. The molecule has 1 aromatic heterocycles. The Balaban J connectivity index is 2.70. The molecule has 0 unspecified atom stereocenters. The van der Waals surface area contributed by atoms with Gasteiger partial charge in [-0.2, -0.15) is 0 Å². The van der Waals surface area contributed by atoms with E-state index >= 15 is 0 Å². The number of carboxylic acids is 1. The summed E-state index contributed by atoms with van der Waals surface area (Å²) in [6.07, 6.45) is 0.674. The first-order chi connectivity index (χ1) is 8.54. The van der Waals surface area contributed by atoms with Gasteiger partial charge >= 0.3 is 5.97 Å². The van der Waals surface area contributed by atoms with E-state index in [1.165, 1.54) is 11.3 Å². The predicted molar refractivity (Wildman–Crippen MR) is 73.9 cm³/mol. The molecule has 18 heavy (non-hydrogen) atoms. The number of carbonyl (C=O) groups is 1. The first-order valence-corrected chi connectivity index (χ1v) is 6.79. The highest BCUT2D eigenvalue weighted by atomic mass is 35.5. The molecular weight excluding hydrogens is 293 g/mol. The molecule has 0 amide bonds. The summed E-state index contributed by atoms with van der Waals surface area (Å²) in [4.78, 5) is 15.8. The predicted octanol–water partition coefficient (Wildman–Crippen LogP) is 4.38. The maximum atomic E-state index is 11.2. The highest BCUT2D eigenvalue weighted by molar-refractivity contribution is 7.15. The summed E-state index contributed by atoms with van der Waals surface area (Å²) in [7, 11) is 0. The van der Waals surface area contributed by atoms with Crippen LogP contribution in [0.25, 0.3) is 10.4 Å². The standard InChI is InChI=1S/C12H9Cl2NO2S/c1-2-8-15-10(12(16)17)11(18-8)9-6(13)4-3-5-7(9)14/h3-5H,2H2,1H3,(H,16,17). The minimum absolute atomic E-state index is 0.00634. The summed E-state index contributed by atoms with van der Waals surface area (Å²) < 4.78 is 0. The second kappa shape index (κ2) is 5.26. The van der Waals surface area contributed by atoms with Crippen molar-refractivity contribution in [3.63, 3.8) is 0 Å². The van der Waals surface area contributed by atoms with E-state index in [4.69, 9.17) is 23.2 Å². The second-order valence-electron chi connectivity index (χ2n) is 3.54. The van der Waals surface area contributed by atoms with Crippen molar-refractivity contribution in [2.75, 3.05) is 0 Å². The van der Waals surface area contributed by atoms with Gasteiger partial charge in [0.2, 0.25) is 0 Å². The SMILES string of the molecule is CCc1nc(C(=O)O)c(-c2c(Cl)cccc2Cl)s1. The van der Waals surface area contributed by atoms with E-state index in [9.17, 15) is 9.90 Å². The van der Waals surface area contributed by atoms with Crippen LogP contribution >= 0.6 is 34.5 Å². The number of hydrogen-bond acceptors (Lipinski definition) is 3. The molecule has 94 valence electrons. The Morgan fingerprint density at radius 2 is 2.00 bits per heavy atom. The Hall–Kier alpha value is -1.10. The largest absolute Gasteiger partial charge is 0.476 e. The third kappa shape index (κ3) is 2.36. The van der Waals surface area contributed by atoms with Gasteiger partial charge in [-0.25, -0.2) is 9.78 Å². The minimum atomic E-state index is -1.07. The first kappa shape index (κ1) is 13.3. The Morgan fingerprint density at radius 1 is 1.39 bits per heavy atom. The van der Waals surface area contributed by atoms with Crippen LogP contribution in [0, 0.1) is 0 Å². The Bertz CT molecular complexity index is 590. The number of benzene rings is 1. The monoisotopic (exact) mass is 301 g/mol. The van der Waals surface area contributed by atoms with Crippen molar-refractivity contribution >= 4 is 40.5 Å². The number of aryl methyl sites for hydroxylation is 1. The highest BCUT2D eigenvalue weighted by Crippen LogP contribution is 2.40. The zero-order valence-corrected chi connectivity index (χ0v) is 11.7. The maximum absolute atomic E-state index is 11.2. The molecule has 3 nitrogen and oxygen atoms in total. The van der Waals surface area contributed by atoms with Crippen molar-refractivity contribution in [3.05, 3.63) is 38.9 Å². The number of halogens is 2. The maximum Gasteiger partial charge on any atom is 0.356 e. The summed E-state index contributed by atoms with van der Waals surface area (Å²) in [6.45, 7) is 1.92. The fourth-order valence-corrected chi connectivity index (χ4v) is 3.31. The van der Waals surface area contributed by atoms with Crippen LogP contribution in [0.5, 0.6) is 0 Å². The van der Waals surface area contributed by atoms with Crippen LogP contribution in [0.3, 0.4) is 0 Å². The van der Waals surface area contributed by atoms with Gasteiger partial charge in [-0.15, -0.1) is 11.3 Å². The quantitative estimate of drug-likeness (QED) is 0.915. The Morgan fingerprint density at radius 3 is 2.50 bits per heavy atom. The Kier molecular flexibility index (Phi) is 3.90. The van der Waals surface area contributed by atoms with Crippen LogP contribution in [0.4, 0.5) is 0 Å². The summed E-state index contributed by atoms with van der Waals surface area (Å²) in [5.74, 6) is -1.07.